The van der Waals surface area contributed by atoms with Gasteiger partial charge in [-0.15, -0.1) is 0 Å². The molecule has 0 radical (unpaired) electrons. The molecule has 4 aromatic rings. The topological polar surface area (TPSA) is 87.0 Å². The first-order valence-corrected chi connectivity index (χ1v) is 14.1. The third-order valence-electron chi connectivity index (χ3n) is 6.60. The van der Waals surface area contributed by atoms with Crippen molar-refractivity contribution in [1.29, 1.82) is 0 Å². The largest absolute Gasteiger partial charge is 0.494 e. The van der Waals surface area contributed by atoms with E-state index in [1.807, 2.05) is 91.1 Å². The summed E-state index contributed by atoms with van der Waals surface area (Å²) in [7, 11) is 0. The van der Waals surface area contributed by atoms with Crippen LogP contribution in [-0.4, -0.2) is 41.4 Å². The van der Waals surface area contributed by atoms with Crippen LogP contribution in [-0.2, 0) is 27.3 Å². The van der Waals surface area contributed by atoms with E-state index in [-0.39, 0.29) is 12.5 Å². The van der Waals surface area contributed by atoms with E-state index in [2.05, 4.69) is 0 Å². The Hall–Kier alpha value is -4.52. The number of carbonyl (C=O) groups excluding carboxylic acids is 1. The zero-order valence-corrected chi connectivity index (χ0v) is 23.5. The molecule has 7 nitrogen and oxygen atoms in total. The number of para-hydroxylation sites is 2. The standard InChI is InChI=1S/C34H37NO6/c1-2-39-33(38)15-9-11-28-24-35(25-32(36)37)34-27(10-8-14-31(28)34)19-16-26-17-20-30(21-18-26)41-23-7-6-22-40-29-12-4-3-5-13-29/h3-5,8,10,12-14,16-21,24H,2,6-7,9,11,15,22-23,25H2,1H3,(H,36,37)/b19-16+. The molecule has 0 unspecified atom stereocenters. The molecule has 0 saturated carbocycles. The van der Waals surface area contributed by atoms with Crippen molar-refractivity contribution in [2.75, 3.05) is 19.8 Å². The monoisotopic (exact) mass is 555 g/mol. The van der Waals surface area contributed by atoms with E-state index in [1.54, 1.807) is 11.5 Å². The summed E-state index contributed by atoms with van der Waals surface area (Å²) >= 11 is 0. The van der Waals surface area contributed by atoms with Gasteiger partial charge < -0.3 is 23.9 Å². The summed E-state index contributed by atoms with van der Waals surface area (Å²) in [6, 6.07) is 23.7. The highest BCUT2D eigenvalue weighted by Crippen LogP contribution is 2.28. The lowest BCUT2D eigenvalue weighted by Crippen LogP contribution is -2.08. The van der Waals surface area contributed by atoms with Crippen LogP contribution >= 0.6 is 0 Å². The first-order valence-electron chi connectivity index (χ1n) is 14.1. The van der Waals surface area contributed by atoms with Crippen LogP contribution < -0.4 is 9.47 Å². The van der Waals surface area contributed by atoms with Crippen LogP contribution in [0.3, 0.4) is 0 Å². The van der Waals surface area contributed by atoms with Gasteiger partial charge in [-0.05, 0) is 73.6 Å². The number of rotatable bonds is 16. The molecule has 0 aliphatic rings. The number of carboxylic acid groups (broad SMARTS) is 1. The Bertz CT molecular complexity index is 1440. The maximum absolute atomic E-state index is 11.8. The van der Waals surface area contributed by atoms with Crippen LogP contribution in [0.1, 0.15) is 49.3 Å². The van der Waals surface area contributed by atoms with Crippen LogP contribution in [0.4, 0.5) is 0 Å². The summed E-state index contributed by atoms with van der Waals surface area (Å²) in [6.07, 6.45) is 9.36. The molecular weight excluding hydrogens is 518 g/mol. The molecule has 0 saturated heterocycles. The van der Waals surface area contributed by atoms with E-state index in [1.165, 1.54) is 0 Å². The summed E-state index contributed by atoms with van der Waals surface area (Å²) in [5.74, 6) is 0.583. The second-order valence-corrected chi connectivity index (χ2v) is 9.70. The molecule has 7 heteroatoms. The normalized spacial score (nSPS) is 11.1. The minimum Gasteiger partial charge on any atom is -0.494 e. The summed E-state index contributed by atoms with van der Waals surface area (Å²) < 4.78 is 18.4. The molecule has 0 fully saturated rings. The molecule has 0 bridgehead atoms. The number of fused-ring (bicyclic) bond motifs is 1. The van der Waals surface area contributed by atoms with Crippen LogP contribution in [0, 0.1) is 0 Å². The fourth-order valence-electron chi connectivity index (χ4n) is 4.69. The van der Waals surface area contributed by atoms with Crippen molar-refractivity contribution < 1.29 is 28.9 Å². The molecule has 1 heterocycles. The molecule has 0 atom stereocenters. The molecule has 1 aromatic heterocycles. The smallest absolute Gasteiger partial charge is 0.323 e. The molecule has 41 heavy (non-hydrogen) atoms. The predicted octanol–water partition coefficient (Wildman–Crippen LogP) is 7.02. The number of unbranched alkanes of at least 4 members (excludes halogenated alkanes) is 1. The predicted molar refractivity (Wildman–Crippen MR) is 161 cm³/mol. The van der Waals surface area contributed by atoms with Crippen molar-refractivity contribution in [3.63, 3.8) is 0 Å². The summed E-state index contributed by atoms with van der Waals surface area (Å²) in [5.41, 5.74) is 3.83. The average Bonchev–Trinajstić information content (AvgIpc) is 3.32. The maximum atomic E-state index is 11.8. The summed E-state index contributed by atoms with van der Waals surface area (Å²) in [6.45, 7) is 3.31. The van der Waals surface area contributed by atoms with Gasteiger partial charge in [0.15, 0.2) is 0 Å². The molecule has 3 aromatic carbocycles. The van der Waals surface area contributed by atoms with Crippen molar-refractivity contribution in [3.8, 4) is 11.5 Å². The second kappa shape index (κ2) is 15.3. The van der Waals surface area contributed by atoms with E-state index < -0.39 is 5.97 Å². The minimum absolute atomic E-state index is 0.135. The number of carbonyl (C=O) groups is 2. The number of benzene rings is 3. The Balaban J connectivity index is 1.35. The van der Waals surface area contributed by atoms with Crippen molar-refractivity contribution in [2.24, 2.45) is 0 Å². The van der Waals surface area contributed by atoms with Gasteiger partial charge in [-0.25, -0.2) is 0 Å². The Labute approximate surface area is 241 Å². The van der Waals surface area contributed by atoms with Crippen LogP contribution in [0.2, 0.25) is 0 Å². The molecule has 0 amide bonds. The Morgan fingerprint density at radius 3 is 2.22 bits per heavy atom. The highest BCUT2D eigenvalue weighted by atomic mass is 16.5. The lowest BCUT2D eigenvalue weighted by atomic mass is 10.0. The molecular formula is C34H37NO6. The van der Waals surface area contributed by atoms with Gasteiger partial charge in [0.05, 0.1) is 25.3 Å². The van der Waals surface area contributed by atoms with Gasteiger partial charge in [-0.1, -0.05) is 60.7 Å². The molecule has 214 valence electrons. The fraction of sp³-hybridized carbons (Fsp3) is 0.294. The molecule has 0 spiro atoms. The van der Waals surface area contributed by atoms with Crippen molar-refractivity contribution >= 4 is 35.0 Å². The van der Waals surface area contributed by atoms with Gasteiger partial charge in [0.25, 0.3) is 0 Å². The third-order valence-corrected chi connectivity index (χ3v) is 6.60. The maximum Gasteiger partial charge on any atom is 0.323 e. The Kier molecular flexibility index (Phi) is 11.0. The van der Waals surface area contributed by atoms with Gasteiger partial charge in [0.1, 0.15) is 18.0 Å². The highest BCUT2D eigenvalue weighted by molar-refractivity contribution is 5.94. The Morgan fingerprint density at radius 1 is 0.829 bits per heavy atom. The fourth-order valence-corrected chi connectivity index (χ4v) is 4.69. The number of carboxylic acids is 1. The van der Waals surface area contributed by atoms with Crippen LogP contribution in [0.5, 0.6) is 11.5 Å². The molecule has 1 N–H and O–H groups in total. The number of hydrogen-bond donors (Lipinski definition) is 1. The van der Waals surface area contributed by atoms with Crippen molar-refractivity contribution in [3.05, 3.63) is 95.7 Å². The first kappa shape index (κ1) is 29.5. The quantitative estimate of drug-likeness (QED) is 0.0908. The van der Waals surface area contributed by atoms with E-state index in [4.69, 9.17) is 14.2 Å². The molecule has 4 rings (SSSR count). The number of nitrogens with zero attached hydrogens (tertiary/aromatic N) is 1. The number of aromatic nitrogens is 1. The van der Waals surface area contributed by atoms with Crippen molar-refractivity contribution in [2.45, 2.75) is 45.6 Å². The number of aliphatic carboxylic acids is 1. The van der Waals surface area contributed by atoms with Gasteiger partial charge >= 0.3 is 11.9 Å². The molecule has 0 aliphatic carbocycles. The molecule has 0 aliphatic heterocycles. The van der Waals surface area contributed by atoms with Gasteiger partial charge in [-0.2, -0.15) is 0 Å². The summed E-state index contributed by atoms with van der Waals surface area (Å²) in [4.78, 5) is 23.3. The highest BCUT2D eigenvalue weighted by Gasteiger charge is 2.14. The number of esters is 1. The van der Waals surface area contributed by atoms with E-state index in [0.29, 0.717) is 39.1 Å². The lowest BCUT2D eigenvalue weighted by Gasteiger charge is -2.08. The van der Waals surface area contributed by atoms with Gasteiger partial charge in [0, 0.05) is 18.0 Å². The zero-order chi connectivity index (χ0) is 28.9. The third kappa shape index (κ3) is 9.00. The van der Waals surface area contributed by atoms with E-state index in [0.717, 1.165) is 51.9 Å². The lowest BCUT2D eigenvalue weighted by molar-refractivity contribution is -0.143. The Morgan fingerprint density at radius 2 is 1.54 bits per heavy atom. The summed E-state index contributed by atoms with van der Waals surface area (Å²) in [5, 5.41) is 10.5. The average molecular weight is 556 g/mol. The second-order valence-electron chi connectivity index (χ2n) is 9.70. The number of ether oxygens (including phenoxy) is 3. The minimum atomic E-state index is -0.905. The van der Waals surface area contributed by atoms with E-state index >= 15 is 0 Å². The van der Waals surface area contributed by atoms with Crippen molar-refractivity contribution in [1.82, 2.24) is 4.57 Å². The number of hydrogen-bond acceptors (Lipinski definition) is 5. The van der Waals surface area contributed by atoms with Gasteiger partial charge in [-0.3, -0.25) is 9.59 Å². The van der Waals surface area contributed by atoms with E-state index in [9.17, 15) is 14.7 Å². The first-order chi connectivity index (χ1) is 20.0. The zero-order valence-electron chi connectivity index (χ0n) is 23.5. The number of aryl methyl sites for hydroxylation is 1. The van der Waals surface area contributed by atoms with Crippen LogP contribution in [0.15, 0.2) is 79.0 Å². The van der Waals surface area contributed by atoms with Crippen LogP contribution in [0.25, 0.3) is 23.1 Å². The SMILES string of the molecule is CCOC(=O)CCCc1cn(CC(=O)O)c2c(/C=C/c3ccc(OCCCCOc4ccccc4)cc3)cccc12. The van der Waals surface area contributed by atoms with Gasteiger partial charge in [0.2, 0.25) is 0 Å².